The molecule has 22 heavy (non-hydrogen) atoms. The second-order valence-electron chi connectivity index (χ2n) is 4.48. The van der Waals surface area contributed by atoms with E-state index in [1.165, 1.54) is 13.8 Å². The van der Waals surface area contributed by atoms with Gasteiger partial charge < -0.3 is 9.84 Å². The zero-order chi connectivity index (χ0) is 17.1. The van der Waals surface area contributed by atoms with Crippen molar-refractivity contribution in [2.75, 3.05) is 0 Å². The van der Waals surface area contributed by atoms with Crippen molar-refractivity contribution in [2.24, 2.45) is 5.41 Å². The molecule has 9 heteroatoms. The van der Waals surface area contributed by atoms with Crippen molar-refractivity contribution >= 4 is 17.6 Å². The van der Waals surface area contributed by atoms with E-state index in [0.29, 0.717) is 12.1 Å². The van der Waals surface area contributed by atoms with Gasteiger partial charge in [0.25, 0.3) is 0 Å². The first-order valence-corrected chi connectivity index (χ1v) is 6.28. The van der Waals surface area contributed by atoms with E-state index in [4.69, 9.17) is 9.84 Å². The maximum Gasteiger partial charge on any atom is 0.340 e. The van der Waals surface area contributed by atoms with Crippen LogP contribution < -0.4 is 4.74 Å². The second kappa shape index (κ2) is 6.46. The Hall–Kier alpha value is -2.58. The number of carboxylic acid groups (broad SMARTS) is 1. The molecule has 0 bridgehead atoms. The predicted molar refractivity (Wildman–Crippen MR) is 69.3 cm³/mol. The Kier molecular flexibility index (Phi) is 5.13. The lowest BCUT2D eigenvalue weighted by Gasteiger charge is -2.23. The van der Waals surface area contributed by atoms with Crippen molar-refractivity contribution in [3.63, 3.8) is 0 Å². The number of halogens is 2. The van der Waals surface area contributed by atoms with Crippen molar-refractivity contribution in [3.05, 3.63) is 33.9 Å². The molecule has 0 aliphatic rings. The van der Waals surface area contributed by atoms with Gasteiger partial charge in [0.2, 0.25) is 11.6 Å². The number of benzene rings is 1. The van der Waals surface area contributed by atoms with E-state index < -0.39 is 45.3 Å². The maximum absolute atomic E-state index is 13.4. The van der Waals surface area contributed by atoms with Crippen LogP contribution in [-0.2, 0) is 9.59 Å². The summed E-state index contributed by atoms with van der Waals surface area (Å²) in [6.45, 7) is 2.91. The molecule has 0 radical (unpaired) electrons. The molecule has 0 aliphatic carbocycles. The van der Waals surface area contributed by atoms with Gasteiger partial charge in [0, 0.05) is 12.1 Å². The molecule has 0 unspecified atom stereocenters. The number of carboxylic acids is 1. The zero-order valence-corrected chi connectivity index (χ0v) is 11.8. The second-order valence-corrected chi connectivity index (χ2v) is 4.48. The van der Waals surface area contributed by atoms with Crippen molar-refractivity contribution in [1.82, 2.24) is 0 Å². The first-order valence-electron chi connectivity index (χ1n) is 6.28. The van der Waals surface area contributed by atoms with Crippen LogP contribution in [0.1, 0.15) is 26.7 Å². The highest BCUT2D eigenvalue weighted by molar-refractivity contribution is 5.99. The molecule has 0 saturated carbocycles. The van der Waals surface area contributed by atoms with Crippen LogP contribution in [0.5, 0.6) is 5.75 Å². The van der Waals surface area contributed by atoms with E-state index in [-0.39, 0.29) is 12.8 Å². The quantitative estimate of drug-likeness (QED) is 0.284. The Balaban J connectivity index is 3.17. The number of hydrogen-bond donors (Lipinski definition) is 1. The Morgan fingerprint density at radius 3 is 2.05 bits per heavy atom. The monoisotopic (exact) mass is 317 g/mol. The fourth-order valence-electron chi connectivity index (χ4n) is 1.91. The van der Waals surface area contributed by atoms with Gasteiger partial charge in [-0.1, -0.05) is 13.8 Å². The first-order chi connectivity index (χ1) is 10.2. The molecule has 0 aromatic heterocycles. The SMILES string of the molecule is CCC(CC)(C(=O)O)C(=O)Oc1cc(F)c([N+](=O)[O-])c(F)c1. The van der Waals surface area contributed by atoms with Gasteiger partial charge in [0.15, 0.2) is 5.41 Å². The van der Waals surface area contributed by atoms with Crippen molar-refractivity contribution in [2.45, 2.75) is 26.7 Å². The molecule has 0 saturated heterocycles. The van der Waals surface area contributed by atoms with E-state index >= 15 is 0 Å². The minimum absolute atomic E-state index is 0.0877. The molecule has 0 spiro atoms. The van der Waals surface area contributed by atoms with Crippen LogP contribution in [0.4, 0.5) is 14.5 Å². The van der Waals surface area contributed by atoms with Gasteiger partial charge in [-0.15, -0.1) is 0 Å². The number of ether oxygens (including phenoxy) is 1. The highest BCUT2D eigenvalue weighted by Gasteiger charge is 2.45. The van der Waals surface area contributed by atoms with Gasteiger partial charge in [-0.05, 0) is 12.8 Å². The highest BCUT2D eigenvalue weighted by atomic mass is 19.1. The number of carbonyl (C=O) groups is 2. The Bertz CT molecular complexity index is 604. The van der Waals surface area contributed by atoms with E-state index in [2.05, 4.69) is 0 Å². The van der Waals surface area contributed by atoms with Crippen LogP contribution in [0.15, 0.2) is 12.1 Å². The summed E-state index contributed by atoms with van der Waals surface area (Å²) >= 11 is 0. The standard InChI is InChI=1S/C13H13F2NO6/c1-3-13(4-2,11(17)18)12(19)22-7-5-8(14)10(16(20)21)9(15)6-7/h5-6H,3-4H2,1-2H3,(H,17,18). The highest BCUT2D eigenvalue weighted by Crippen LogP contribution is 2.32. The summed E-state index contributed by atoms with van der Waals surface area (Å²) in [6, 6.07) is 0.911. The molecule has 0 aliphatic heterocycles. The Morgan fingerprint density at radius 2 is 1.73 bits per heavy atom. The lowest BCUT2D eigenvalue weighted by atomic mass is 9.82. The number of nitro groups is 1. The van der Waals surface area contributed by atoms with E-state index in [1.54, 1.807) is 0 Å². The van der Waals surface area contributed by atoms with Gasteiger partial charge in [-0.2, -0.15) is 8.78 Å². The predicted octanol–water partition coefficient (Wildman–Crippen LogP) is 2.67. The number of nitro benzene ring substituents is 1. The number of hydrogen-bond acceptors (Lipinski definition) is 5. The largest absolute Gasteiger partial charge is 0.480 e. The van der Waals surface area contributed by atoms with Crippen LogP contribution in [0.25, 0.3) is 0 Å². The lowest BCUT2D eigenvalue weighted by molar-refractivity contribution is -0.390. The first kappa shape index (κ1) is 17.5. The number of nitrogens with zero attached hydrogens (tertiary/aromatic N) is 1. The average molecular weight is 317 g/mol. The molecule has 120 valence electrons. The molecule has 0 fully saturated rings. The Labute approximate surface area is 123 Å². The lowest BCUT2D eigenvalue weighted by Crippen LogP contribution is -2.41. The van der Waals surface area contributed by atoms with Gasteiger partial charge in [-0.3, -0.25) is 19.7 Å². The molecular weight excluding hydrogens is 304 g/mol. The number of aliphatic carboxylic acids is 1. The summed E-state index contributed by atoms with van der Waals surface area (Å²) in [5.74, 6) is -6.32. The summed E-state index contributed by atoms with van der Waals surface area (Å²) in [7, 11) is 0. The summed E-state index contributed by atoms with van der Waals surface area (Å²) < 4.78 is 31.6. The molecule has 7 nitrogen and oxygen atoms in total. The van der Waals surface area contributed by atoms with Crippen LogP contribution >= 0.6 is 0 Å². The van der Waals surface area contributed by atoms with E-state index in [9.17, 15) is 28.5 Å². The van der Waals surface area contributed by atoms with Crippen LogP contribution in [0.2, 0.25) is 0 Å². The van der Waals surface area contributed by atoms with E-state index in [1.807, 2.05) is 0 Å². The number of rotatable bonds is 6. The van der Waals surface area contributed by atoms with Crippen molar-refractivity contribution in [1.29, 1.82) is 0 Å². The summed E-state index contributed by atoms with van der Waals surface area (Å²) in [5.41, 5.74) is -3.23. The molecular formula is C13H13F2NO6. The van der Waals surface area contributed by atoms with Crippen LogP contribution in [0.3, 0.4) is 0 Å². The van der Waals surface area contributed by atoms with Gasteiger partial charge in [-0.25, -0.2) is 0 Å². The van der Waals surface area contributed by atoms with Crippen LogP contribution in [0, 0.1) is 27.2 Å². The van der Waals surface area contributed by atoms with Crippen LogP contribution in [-0.4, -0.2) is 22.0 Å². The minimum Gasteiger partial charge on any atom is -0.480 e. The Morgan fingerprint density at radius 1 is 1.27 bits per heavy atom. The molecule has 0 heterocycles. The van der Waals surface area contributed by atoms with Crippen molar-refractivity contribution < 1.29 is 33.1 Å². The fourth-order valence-corrected chi connectivity index (χ4v) is 1.91. The van der Waals surface area contributed by atoms with Crippen molar-refractivity contribution in [3.8, 4) is 5.75 Å². The third kappa shape index (κ3) is 3.02. The summed E-state index contributed by atoms with van der Waals surface area (Å²) in [5, 5.41) is 19.6. The molecule has 0 atom stereocenters. The fraction of sp³-hybridized carbons (Fsp3) is 0.385. The number of esters is 1. The molecule has 1 aromatic carbocycles. The number of carbonyl (C=O) groups excluding carboxylic acids is 1. The summed E-state index contributed by atoms with van der Waals surface area (Å²) in [6.07, 6.45) is -0.175. The van der Waals surface area contributed by atoms with E-state index in [0.717, 1.165) is 0 Å². The van der Waals surface area contributed by atoms with Gasteiger partial charge in [0.1, 0.15) is 5.75 Å². The average Bonchev–Trinajstić information content (AvgIpc) is 2.38. The third-order valence-electron chi connectivity index (χ3n) is 3.39. The minimum atomic E-state index is -1.85. The van der Waals surface area contributed by atoms with Gasteiger partial charge >= 0.3 is 17.6 Å². The maximum atomic E-state index is 13.4. The summed E-state index contributed by atoms with van der Waals surface area (Å²) in [4.78, 5) is 32.5. The normalized spacial score (nSPS) is 11.1. The molecule has 1 rings (SSSR count). The smallest absolute Gasteiger partial charge is 0.340 e. The molecule has 1 aromatic rings. The topological polar surface area (TPSA) is 107 Å². The molecule has 0 amide bonds. The van der Waals surface area contributed by atoms with Gasteiger partial charge in [0.05, 0.1) is 4.92 Å². The molecule has 1 N–H and O–H groups in total. The third-order valence-corrected chi connectivity index (χ3v) is 3.39. The zero-order valence-electron chi connectivity index (χ0n) is 11.8.